The van der Waals surface area contributed by atoms with Crippen molar-refractivity contribution in [3.05, 3.63) is 29.8 Å². The van der Waals surface area contributed by atoms with Crippen molar-refractivity contribution in [2.24, 2.45) is 5.92 Å². The minimum atomic E-state index is 0. The summed E-state index contributed by atoms with van der Waals surface area (Å²) in [5.41, 5.74) is 1.47. The maximum absolute atomic E-state index is 12.7. The number of carbonyl (C=O) groups is 2. The molecule has 2 amide bonds. The van der Waals surface area contributed by atoms with Gasteiger partial charge in [0.15, 0.2) is 0 Å². The first-order chi connectivity index (χ1) is 13.6. The fourth-order valence-electron chi connectivity index (χ4n) is 5.35. The molecular formula is C23H34ClN3O2. The Balaban J connectivity index is 0.00000240. The highest BCUT2D eigenvalue weighted by atomic mass is 35.5. The Hall–Kier alpha value is -1.59. The number of anilines is 1. The Morgan fingerprint density at radius 2 is 1.62 bits per heavy atom. The number of piperidine rings is 1. The molecule has 2 aliphatic heterocycles. The third-order valence-corrected chi connectivity index (χ3v) is 6.90. The van der Waals surface area contributed by atoms with Crippen LogP contribution in [0.4, 0.5) is 5.69 Å². The predicted molar refractivity (Wildman–Crippen MR) is 119 cm³/mol. The van der Waals surface area contributed by atoms with E-state index >= 15 is 0 Å². The van der Waals surface area contributed by atoms with Crippen LogP contribution in [0.5, 0.6) is 0 Å². The Labute approximate surface area is 180 Å². The number of amides is 2. The van der Waals surface area contributed by atoms with E-state index in [2.05, 4.69) is 10.6 Å². The van der Waals surface area contributed by atoms with Gasteiger partial charge in [0, 0.05) is 42.8 Å². The first-order valence-electron chi connectivity index (χ1n) is 11.0. The molecule has 160 valence electrons. The third-order valence-electron chi connectivity index (χ3n) is 6.90. The van der Waals surface area contributed by atoms with Gasteiger partial charge in [0.1, 0.15) is 0 Å². The van der Waals surface area contributed by atoms with E-state index in [4.69, 9.17) is 0 Å². The van der Waals surface area contributed by atoms with E-state index in [1.165, 1.54) is 32.1 Å². The van der Waals surface area contributed by atoms with Crippen LogP contribution in [-0.2, 0) is 4.79 Å². The summed E-state index contributed by atoms with van der Waals surface area (Å²) in [7, 11) is 1.92. The van der Waals surface area contributed by atoms with Crippen LogP contribution in [0.25, 0.3) is 0 Å². The molecule has 1 aromatic carbocycles. The lowest BCUT2D eigenvalue weighted by molar-refractivity contribution is -0.117. The molecule has 1 saturated carbocycles. The molecule has 29 heavy (non-hydrogen) atoms. The molecule has 0 aromatic heterocycles. The number of halogens is 1. The molecule has 2 heterocycles. The number of rotatable bonds is 5. The van der Waals surface area contributed by atoms with Gasteiger partial charge < -0.3 is 15.5 Å². The molecule has 2 atom stereocenters. The maximum atomic E-state index is 12.7. The summed E-state index contributed by atoms with van der Waals surface area (Å²) in [5, 5.41) is 6.64. The largest absolute Gasteiger partial charge is 0.339 e. The molecule has 3 aliphatic rings. The normalized spacial score (nSPS) is 26.4. The fourth-order valence-corrected chi connectivity index (χ4v) is 5.35. The number of fused-ring (bicyclic) bond motifs is 2. The zero-order valence-electron chi connectivity index (χ0n) is 17.4. The van der Waals surface area contributed by atoms with Gasteiger partial charge in [-0.3, -0.25) is 9.59 Å². The van der Waals surface area contributed by atoms with Crippen molar-refractivity contribution in [1.82, 2.24) is 10.2 Å². The average Bonchev–Trinajstić information content (AvgIpc) is 3.06. The molecular weight excluding hydrogens is 386 g/mol. The monoisotopic (exact) mass is 419 g/mol. The second kappa shape index (κ2) is 9.94. The summed E-state index contributed by atoms with van der Waals surface area (Å²) in [6.07, 6.45) is 11.3. The molecule has 0 radical (unpaired) electrons. The molecule has 2 bridgehead atoms. The molecule has 2 N–H and O–H groups in total. The van der Waals surface area contributed by atoms with Crippen LogP contribution in [0.2, 0.25) is 0 Å². The molecule has 5 nitrogen and oxygen atoms in total. The molecule has 0 spiro atoms. The summed E-state index contributed by atoms with van der Waals surface area (Å²) < 4.78 is 0. The summed E-state index contributed by atoms with van der Waals surface area (Å²) in [4.78, 5) is 27.1. The second-order valence-corrected chi connectivity index (χ2v) is 9.01. The van der Waals surface area contributed by atoms with Crippen molar-refractivity contribution in [3.8, 4) is 0 Å². The van der Waals surface area contributed by atoms with Crippen LogP contribution in [0.15, 0.2) is 24.3 Å². The van der Waals surface area contributed by atoms with Gasteiger partial charge in [0.25, 0.3) is 5.91 Å². The van der Waals surface area contributed by atoms with Crippen LogP contribution in [0.3, 0.4) is 0 Å². The Morgan fingerprint density at radius 3 is 2.24 bits per heavy atom. The van der Waals surface area contributed by atoms with Crippen molar-refractivity contribution in [3.63, 3.8) is 0 Å². The molecule has 6 heteroatoms. The summed E-state index contributed by atoms with van der Waals surface area (Å²) in [6, 6.07) is 8.97. The van der Waals surface area contributed by atoms with Gasteiger partial charge in [-0.05, 0) is 68.7 Å². The van der Waals surface area contributed by atoms with E-state index in [-0.39, 0.29) is 24.2 Å². The molecule has 1 aliphatic carbocycles. The first-order valence-corrected chi connectivity index (χ1v) is 11.0. The van der Waals surface area contributed by atoms with Crippen molar-refractivity contribution >= 4 is 29.9 Å². The van der Waals surface area contributed by atoms with E-state index in [0.29, 0.717) is 36.0 Å². The smallest absolute Gasteiger partial charge is 0.253 e. The number of hydrogen-bond donors (Lipinski definition) is 2. The SMILES string of the molecule is CN(C(=O)c1ccc(NC(=O)CC2CC3CCC(C2)N3)cc1)C1CCCCC1.Cl. The molecule has 4 rings (SSSR count). The predicted octanol–water partition coefficient (Wildman–Crippen LogP) is 4.37. The lowest BCUT2D eigenvalue weighted by Crippen LogP contribution is -2.39. The minimum absolute atomic E-state index is 0. The van der Waals surface area contributed by atoms with Gasteiger partial charge in [-0.2, -0.15) is 0 Å². The van der Waals surface area contributed by atoms with E-state index in [1.54, 1.807) is 0 Å². The second-order valence-electron chi connectivity index (χ2n) is 9.01. The number of hydrogen-bond acceptors (Lipinski definition) is 3. The van der Waals surface area contributed by atoms with Crippen molar-refractivity contribution in [2.45, 2.75) is 82.3 Å². The maximum Gasteiger partial charge on any atom is 0.253 e. The standard InChI is InChI=1S/C23H33N3O2.ClH/c1-26(21-5-3-2-4-6-21)23(28)17-7-9-18(10-8-17)25-22(27)15-16-13-19-11-12-20(14-16)24-19;/h7-10,16,19-21,24H,2-6,11-15H2,1H3,(H,25,27);1H. The first kappa shape index (κ1) is 22.1. The average molecular weight is 420 g/mol. The van der Waals surface area contributed by atoms with Gasteiger partial charge in [0.05, 0.1) is 0 Å². The Kier molecular flexibility index (Phi) is 7.58. The zero-order chi connectivity index (χ0) is 19.5. The van der Waals surface area contributed by atoms with Crippen LogP contribution in [0.1, 0.15) is 74.6 Å². The third kappa shape index (κ3) is 5.52. The van der Waals surface area contributed by atoms with E-state index < -0.39 is 0 Å². The van der Waals surface area contributed by atoms with Crippen LogP contribution >= 0.6 is 12.4 Å². The van der Waals surface area contributed by atoms with Gasteiger partial charge in [-0.15, -0.1) is 12.4 Å². The summed E-state index contributed by atoms with van der Waals surface area (Å²) >= 11 is 0. The number of nitrogens with one attached hydrogen (secondary N) is 2. The fraction of sp³-hybridized carbons (Fsp3) is 0.652. The van der Waals surface area contributed by atoms with Crippen molar-refractivity contribution in [2.75, 3.05) is 12.4 Å². The molecule has 1 aromatic rings. The lowest BCUT2D eigenvalue weighted by Gasteiger charge is -2.31. The van der Waals surface area contributed by atoms with E-state index in [9.17, 15) is 9.59 Å². The topological polar surface area (TPSA) is 61.4 Å². The van der Waals surface area contributed by atoms with E-state index in [1.807, 2.05) is 36.2 Å². The van der Waals surface area contributed by atoms with Crippen LogP contribution in [0, 0.1) is 5.92 Å². The van der Waals surface area contributed by atoms with Gasteiger partial charge >= 0.3 is 0 Å². The Bertz CT molecular complexity index is 691. The number of benzene rings is 1. The number of nitrogens with zero attached hydrogens (tertiary/aromatic N) is 1. The summed E-state index contributed by atoms with van der Waals surface area (Å²) in [6.45, 7) is 0. The van der Waals surface area contributed by atoms with Crippen LogP contribution < -0.4 is 10.6 Å². The lowest BCUT2D eigenvalue weighted by atomic mass is 9.89. The molecule has 2 unspecified atom stereocenters. The summed E-state index contributed by atoms with van der Waals surface area (Å²) in [5.74, 6) is 0.656. The Morgan fingerprint density at radius 1 is 1.00 bits per heavy atom. The minimum Gasteiger partial charge on any atom is -0.339 e. The van der Waals surface area contributed by atoms with Crippen molar-refractivity contribution in [1.29, 1.82) is 0 Å². The molecule has 2 saturated heterocycles. The van der Waals surface area contributed by atoms with Gasteiger partial charge in [-0.25, -0.2) is 0 Å². The highest BCUT2D eigenvalue weighted by molar-refractivity contribution is 5.96. The van der Waals surface area contributed by atoms with Crippen LogP contribution in [-0.4, -0.2) is 41.9 Å². The number of carbonyl (C=O) groups excluding carboxylic acids is 2. The van der Waals surface area contributed by atoms with E-state index in [0.717, 1.165) is 31.4 Å². The van der Waals surface area contributed by atoms with Gasteiger partial charge in [0.2, 0.25) is 5.91 Å². The quantitative estimate of drug-likeness (QED) is 0.744. The van der Waals surface area contributed by atoms with Gasteiger partial charge in [-0.1, -0.05) is 19.3 Å². The van der Waals surface area contributed by atoms with Crippen molar-refractivity contribution < 1.29 is 9.59 Å². The highest BCUT2D eigenvalue weighted by Gasteiger charge is 2.34. The molecule has 3 fully saturated rings. The zero-order valence-corrected chi connectivity index (χ0v) is 18.2. The highest BCUT2D eigenvalue weighted by Crippen LogP contribution is 2.32.